The normalized spacial score (nSPS) is 9.07. The van der Waals surface area contributed by atoms with Gasteiger partial charge in [-0.2, -0.15) is 10.2 Å². The molecule has 0 aliphatic heterocycles. The maximum absolute atomic E-state index is 11.7. The SMILES string of the molecule is CC(=O)[O-].CC(=O)[O-].CO.CO.O=C(N/N=C/c1cc([N+](=O)[O-])ccc1[O-])c1ccc(O)cc1.O=C(N/N=C/c1cc([N+](=O)[O-])ccc1[O-])c1ccc(O)cc1.[Zn+2].[Zn+2]. The van der Waals surface area contributed by atoms with Gasteiger partial charge in [0.2, 0.25) is 0 Å². The molecule has 0 bridgehead atoms. The number of nitrogens with zero attached hydrogens (tertiary/aromatic N) is 4. The van der Waals surface area contributed by atoms with Crippen LogP contribution in [0.15, 0.2) is 95.1 Å². The van der Waals surface area contributed by atoms with Gasteiger partial charge in [0, 0.05) is 61.6 Å². The van der Waals surface area contributed by atoms with Crippen LogP contribution in [0, 0.1) is 20.2 Å². The number of carboxylic acid groups (broad SMARTS) is 2. The number of benzene rings is 4. The topological polar surface area (TPSA) is 376 Å². The Balaban J connectivity index is -0.000000385. The predicted octanol–water partition coefficient (Wildman–Crippen LogP) is -1.000. The van der Waals surface area contributed by atoms with Gasteiger partial charge >= 0.3 is 39.0 Å². The molecule has 0 fully saturated rings. The maximum atomic E-state index is 11.7. The summed E-state index contributed by atoms with van der Waals surface area (Å²) < 4.78 is 0. The standard InChI is InChI=1S/2C14H11N3O5.2C2H4O2.2CH4O.2Zn/c2*18-12-4-1-9(2-5-12)14(20)16-15-8-10-7-11(17(21)22)3-6-13(10)19;2*1-2(3)4;2*1-2;;/h2*1-8,18-19H,(H,16,20);2*1H3,(H,3,4);2*2H,1H3;;/q;;;;;;2*+2/p-4/b2*15-8+;;;;;;. The molecule has 0 saturated carbocycles. The molecular weight excluding hydrogens is 879 g/mol. The number of nitro benzene ring substituents is 2. The fraction of sp³-hybridized carbons (Fsp3) is 0.118. The van der Waals surface area contributed by atoms with Gasteiger partial charge in [0.05, 0.1) is 22.3 Å². The van der Waals surface area contributed by atoms with E-state index in [1.807, 2.05) is 0 Å². The zero-order valence-electron chi connectivity index (χ0n) is 31.1. The van der Waals surface area contributed by atoms with E-state index in [0.717, 1.165) is 76.9 Å². The number of phenols is 2. The Morgan fingerprint density at radius 1 is 0.569 bits per heavy atom. The Morgan fingerprint density at radius 3 is 1.07 bits per heavy atom. The van der Waals surface area contributed by atoms with Gasteiger partial charge in [-0.25, -0.2) is 10.9 Å². The number of nitrogens with one attached hydrogen (secondary N) is 2. The van der Waals surface area contributed by atoms with Crippen molar-refractivity contribution in [2.24, 2.45) is 10.2 Å². The molecule has 2 amide bonds. The van der Waals surface area contributed by atoms with Gasteiger partial charge in [0.25, 0.3) is 23.2 Å². The molecule has 300 valence electrons. The van der Waals surface area contributed by atoms with Crippen molar-refractivity contribution in [1.82, 2.24) is 10.9 Å². The summed E-state index contributed by atoms with van der Waals surface area (Å²) in [7, 11) is 2.00. The molecule has 22 nitrogen and oxygen atoms in total. The number of hydrogen-bond donors (Lipinski definition) is 6. The molecule has 0 aliphatic rings. The van der Waals surface area contributed by atoms with Crippen LogP contribution in [-0.2, 0) is 48.5 Å². The Hall–Kier alpha value is -6.73. The zero-order chi connectivity index (χ0) is 43.4. The number of aliphatic hydroxyl groups excluding tert-OH is 2. The number of rotatable bonds is 8. The molecule has 4 rings (SSSR count). The monoisotopic (exact) mass is 910 g/mol. The van der Waals surface area contributed by atoms with Gasteiger partial charge in [0.1, 0.15) is 11.5 Å². The second-order valence-electron chi connectivity index (χ2n) is 9.43. The summed E-state index contributed by atoms with van der Waals surface area (Å²) in [5.74, 6) is -4.12. The third-order valence-corrected chi connectivity index (χ3v) is 5.41. The van der Waals surface area contributed by atoms with Gasteiger partial charge in [-0.3, -0.25) is 29.8 Å². The Bertz CT molecular complexity index is 1820. The van der Waals surface area contributed by atoms with E-state index in [9.17, 15) is 40.0 Å². The fourth-order valence-electron chi connectivity index (χ4n) is 3.18. The zero-order valence-corrected chi connectivity index (χ0v) is 37.1. The number of phenolic OH excluding ortho intramolecular Hbond substituents is 2. The van der Waals surface area contributed by atoms with Crippen molar-refractivity contribution in [3.8, 4) is 23.0 Å². The second-order valence-corrected chi connectivity index (χ2v) is 9.43. The minimum absolute atomic E-state index is 0. The van der Waals surface area contributed by atoms with E-state index < -0.39 is 45.1 Å². The van der Waals surface area contributed by atoms with E-state index in [1.165, 1.54) is 48.5 Å². The van der Waals surface area contributed by atoms with Crippen LogP contribution in [0.4, 0.5) is 11.4 Å². The van der Waals surface area contributed by atoms with Crippen molar-refractivity contribution < 1.29 is 109 Å². The molecule has 58 heavy (non-hydrogen) atoms. The Morgan fingerprint density at radius 2 is 0.828 bits per heavy atom. The van der Waals surface area contributed by atoms with Crippen LogP contribution < -0.4 is 31.3 Å². The molecule has 0 aliphatic carbocycles. The van der Waals surface area contributed by atoms with E-state index in [4.69, 9.17) is 40.2 Å². The number of aliphatic hydroxyl groups is 2. The molecule has 4 aromatic carbocycles. The number of non-ortho nitro benzene ring substituents is 2. The quantitative estimate of drug-likeness (QED) is 0.0534. The van der Waals surface area contributed by atoms with Crippen LogP contribution >= 0.6 is 0 Å². The van der Waals surface area contributed by atoms with Crippen molar-refractivity contribution >= 4 is 47.6 Å². The summed E-state index contributed by atoms with van der Waals surface area (Å²) in [6.07, 6.45) is 2.07. The minimum atomic E-state index is -1.08. The molecule has 0 atom stereocenters. The van der Waals surface area contributed by atoms with E-state index in [0.29, 0.717) is 0 Å². The van der Waals surface area contributed by atoms with Crippen molar-refractivity contribution in [2.45, 2.75) is 13.8 Å². The first-order valence-electron chi connectivity index (χ1n) is 14.8. The first-order chi connectivity index (χ1) is 26.4. The van der Waals surface area contributed by atoms with Crippen LogP contribution in [0.5, 0.6) is 23.0 Å². The van der Waals surface area contributed by atoms with Crippen molar-refractivity contribution in [3.63, 3.8) is 0 Å². The van der Waals surface area contributed by atoms with Crippen molar-refractivity contribution in [1.29, 1.82) is 0 Å². The number of carbonyl (C=O) groups excluding carboxylic acids is 4. The fourth-order valence-corrected chi connectivity index (χ4v) is 3.18. The number of amides is 2. The number of hydrogen-bond acceptors (Lipinski definition) is 18. The number of carboxylic acids is 2. The van der Waals surface area contributed by atoms with Crippen molar-refractivity contribution in [3.05, 3.63) is 127 Å². The average molecular weight is 913 g/mol. The van der Waals surface area contributed by atoms with Gasteiger partial charge in [0.15, 0.2) is 0 Å². The smallest absolute Gasteiger partial charge is 0.872 e. The minimum Gasteiger partial charge on any atom is -0.872 e. The summed E-state index contributed by atoms with van der Waals surface area (Å²) in [5.41, 5.74) is 4.37. The molecular formula is C34H34N6O16Zn2. The van der Waals surface area contributed by atoms with Crippen LogP contribution in [0.1, 0.15) is 45.7 Å². The number of aromatic hydroxyl groups is 2. The summed E-state index contributed by atoms with van der Waals surface area (Å²) in [4.78, 5) is 61.2. The van der Waals surface area contributed by atoms with Crippen LogP contribution in [-0.4, -0.2) is 80.7 Å². The Labute approximate surface area is 354 Å². The maximum Gasteiger partial charge on any atom is 2.00 e. The molecule has 4 aromatic rings. The predicted molar refractivity (Wildman–Crippen MR) is 189 cm³/mol. The number of nitro groups is 2. The number of hydrazone groups is 2. The number of aliphatic carboxylic acids is 2. The van der Waals surface area contributed by atoms with Crippen molar-refractivity contribution in [2.75, 3.05) is 14.2 Å². The van der Waals surface area contributed by atoms with Crippen LogP contribution in [0.25, 0.3) is 0 Å². The third kappa shape index (κ3) is 25.4. The second kappa shape index (κ2) is 32.5. The van der Waals surface area contributed by atoms with Gasteiger partial charge in [-0.1, -0.05) is 23.6 Å². The molecule has 0 spiro atoms. The summed E-state index contributed by atoms with van der Waals surface area (Å²) in [6.45, 7) is 1.94. The van der Waals surface area contributed by atoms with Gasteiger partial charge in [-0.05, 0) is 73.5 Å². The summed E-state index contributed by atoms with van der Waals surface area (Å²) in [5, 5.41) is 101. The van der Waals surface area contributed by atoms with E-state index >= 15 is 0 Å². The van der Waals surface area contributed by atoms with Crippen LogP contribution in [0.3, 0.4) is 0 Å². The molecule has 0 unspecified atom stereocenters. The van der Waals surface area contributed by atoms with E-state index in [1.54, 1.807) is 0 Å². The largest absolute Gasteiger partial charge is 2.00 e. The first kappa shape index (κ1) is 58.0. The summed E-state index contributed by atoms with van der Waals surface area (Å²) in [6, 6.07) is 17.4. The Kier molecular flexibility index (Phi) is 32.5. The molecule has 0 saturated heterocycles. The average Bonchev–Trinajstić information content (AvgIpc) is 3.15. The molecule has 0 heterocycles. The summed E-state index contributed by atoms with van der Waals surface area (Å²) >= 11 is 0. The van der Waals surface area contributed by atoms with Gasteiger partial charge in [-0.15, -0.1) is 0 Å². The molecule has 24 heteroatoms. The number of carbonyl (C=O) groups is 4. The first-order valence-corrected chi connectivity index (χ1v) is 14.8. The third-order valence-electron chi connectivity index (χ3n) is 5.41. The van der Waals surface area contributed by atoms with E-state index in [-0.39, 0.29) is 84.1 Å². The molecule has 0 aromatic heterocycles. The van der Waals surface area contributed by atoms with E-state index in [2.05, 4.69) is 21.1 Å². The molecule has 6 N–H and O–H groups in total. The molecule has 0 radical (unpaired) electrons. The van der Waals surface area contributed by atoms with Crippen LogP contribution in [0.2, 0.25) is 0 Å². The van der Waals surface area contributed by atoms with Gasteiger partial charge < -0.3 is 50.4 Å².